The SMILES string of the molecule is COC(=O)Oc1ccc(-c2ccccc2-c2ccccc2-c2ccc(C)cc2)cc1. The van der Waals surface area contributed by atoms with Gasteiger partial charge in [0.05, 0.1) is 7.11 Å². The molecule has 3 nitrogen and oxygen atoms in total. The molecule has 4 aromatic rings. The van der Waals surface area contributed by atoms with Crippen molar-refractivity contribution in [1.29, 1.82) is 0 Å². The van der Waals surface area contributed by atoms with Gasteiger partial charge >= 0.3 is 6.16 Å². The highest BCUT2D eigenvalue weighted by atomic mass is 16.7. The number of carbonyl (C=O) groups is 1. The first-order valence-corrected chi connectivity index (χ1v) is 9.77. The Morgan fingerprint density at radius 1 is 0.600 bits per heavy atom. The smallest absolute Gasteiger partial charge is 0.437 e. The van der Waals surface area contributed by atoms with E-state index in [-0.39, 0.29) is 0 Å². The van der Waals surface area contributed by atoms with Gasteiger partial charge < -0.3 is 9.47 Å². The second-order valence-corrected chi connectivity index (χ2v) is 7.04. The summed E-state index contributed by atoms with van der Waals surface area (Å²) < 4.78 is 9.64. The molecule has 0 aromatic heterocycles. The molecule has 0 aliphatic carbocycles. The van der Waals surface area contributed by atoms with Gasteiger partial charge in [-0.2, -0.15) is 0 Å². The van der Waals surface area contributed by atoms with Gasteiger partial charge in [0.2, 0.25) is 0 Å². The van der Waals surface area contributed by atoms with Gasteiger partial charge in [-0.1, -0.05) is 90.5 Å². The van der Waals surface area contributed by atoms with Crippen molar-refractivity contribution in [1.82, 2.24) is 0 Å². The summed E-state index contributed by atoms with van der Waals surface area (Å²) >= 11 is 0. The highest BCUT2D eigenvalue weighted by molar-refractivity contribution is 5.91. The summed E-state index contributed by atoms with van der Waals surface area (Å²) in [6, 6.07) is 32.8. The fourth-order valence-electron chi connectivity index (χ4n) is 3.51. The first kappa shape index (κ1) is 19.5. The zero-order valence-corrected chi connectivity index (χ0v) is 17.0. The van der Waals surface area contributed by atoms with Gasteiger partial charge in [-0.05, 0) is 52.4 Å². The first-order chi connectivity index (χ1) is 14.7. The van der Waals surface area contributed by atoms with E-state index in [0.29, 0.717) is 5.75 Å². The van der Waals surface area contributed by atoms with Crippen LogP contribution in [0, 0.1) is 6.92 Å². The van der Waals surface area contributed by atoms with Crippen LogP contribution in [-0.2, 0) is 4.74 Å². The minimum Gasteiger partial charge on any atom is -0.437 e. The molecular formula is C27H22O3. The molecule has 3 heteroatoms. The summed E-state index contributed by atoms with van der Waals surface area (Å²) in [5.41, 5.74) is 8.10. The van der Waals surface area contributed by atoms with E-state index < -0.39 is 6.16 Å². The maximum atomic E-state index is 11.3. The zero-order valence-electron chi connectivity index (χ0n) is 17.0. The lowest BCUT2D eigenvalue weighted by Gasteiger charge is -2.15. The van der Waals surface area contributed by atoms with E-state index in [1.807, 2.05) is 18.2 Å². The summed E-state index contributed by atoms with van der Waals surface area (Å²) in [7, 11) is 1.29. The van der Waals surface area contributed by atoms with Crippen LogP contribution in [-0.4, -0.2) is 13.3 Å². The van der Waals surface area contributed by atoms with Crippen LogP contribution in [0.5, 0.6) is 5.75 Å². The molecule has 0 aliphatic rings. The average Bonchev–Trinajstić information content (AvgIpc) is 2.80. The number of aryl methyl sites for hydroxylation is 1. The third kappa shape index (κ3) is 4.11. The lowest BCUT2D eigenvalue weighted by Crippen LogP contribution is -2.06. The molecule has 0 unspecified atom stereocenters. The van der Waals surface area contributed by atoms with Gasteiger partial charge in [0.1, 0.15) is 5.75 Å². The average molecular weight is 394 g/mol. The van der Waals surface area contributed by atoms with Crippen molar-refractivity contribution < 1.29 is 14.3 Å². The number of carbonyl (C=O) groups excluding carboxylic acids is 1. The molecule has 30 heavy (non-hydrogen) atoms. The Labute approximate surface area is 176 Å². The number of hydrogen-bond acceptors (Lipinski definition) is 3. The molecule has 4 rings (SSSR count). The molecular weight excluding hydrogens is 372 g/mol. The van der Waals surface area contributed by atoms with Crippen LogP contribution in [0.4, 0.5) is 4.79 Å². The van der Waals surface area contributed by atoms with Crippen LogP contribution in [0.15, 0.2) is 97.1 Å². The molecule has 4 aromatic carbocycles. The Balaban J connectivity index is 1.77. The van der Waals surface area contributed by atoms with E-state index in [0.717, 1.165) is 16.7 Å². The Morgan fingerprint density at radius 3 is 1.50 bits per heavy atom. The van der Waals surface area contributed by atoms with E-state index >= 15 is 0 Å². The third-order valence-corrected chi connectivity index (χ3v) is 5.04. The van der Waals surface area contributed by atoms with Crippen LogP contribution in [0.3, 0.4) is 0 Å². The molecule has 148 valence electrons. The van der Waals surface area contributed by atoms with Gasteiger partial charge in [-0.3, -0.25) is 0 Å². The maximum Gasteiger partial charge on any atom is 0.513 e. The van der Waals surface area contributed by atoms with Gasteiger partial charge in [0.15, 0.2) is 0 Å². The standard InChI is InChI=1S/C27H22O3/c1-19-11-13-20(14-12-19)23-7-3-5-9-25(23)26-10-6-4-8-24(26)21-15-17-22(18-16-21)30-27(28)29-2/h3-18H,1-2H3. The lowest BCUT2D eigenvalue weighted by molar-refractivity contribution is 0.121. The minimum absolute atomic E-state index is 0.447. The molecule has 0 heterocycles. The maximum absolute atomic E-state index is 11.3. The van der Waals surface area contributed by atoms with E-state index in [1.54, 1.807) is 12.1 Å². The van der Waals surface area contributed by atoms with Crippen LogP contribution in [0.25, 0.3) is 33.4 Å². The lowest BCUT2D eigenvalue weighted by atomic mass is 9.89. The van der Waals surface area contributed by atoms with Crippen LogP contribution < -0.4 is 4.74 Å². The fraction of sp³-hybridized carbons (Fsp3) is 0.0741. The van der Waals surface area contributed by atoms with Crippen molar-refractivity contribution in [3.63, 3.8) is 0 Å². The third-order valence-electron chi connectivity index (χ3n) is 5.04. The van der Waals surface area contributed by atoms with Gasteiger partial charge in [0, 0.05) is 0 Å². The first-order valence-electron chi connectivity index (χ1n) is 9.77. The molecule has 0 atom stereocenters. The van der Waals surface area contributed by atoms with Crippen LogP contribution in [0.2, 0.25) is 0 Å². The quantitative estimate of drug-likeness (QED) is 0.272. The molecule has 0 bridgehead atoms. The molecule has 0 amide bonds. The highest BCUT2D eigenvalue weighted by Crippen LogP contribution is 2.38. The number of benzene rings is 4. The second kappa shape index (κ2) is 8.66. The van der Waals surface area contributed by atoms with E-state index in [2.05, 4.69) is 78.4 Å². The van der Waals surface area contributed by atoms with Crippen molar-refractivity contribution in [3.8, 4) is 39.1 Å². The van der Waals surface area contributed by atoms with Crippen molar-refractivity contribution in [2.24, 2.45) is 0 Å². The topological polar surface area (TPSA) is 35.5 Å². The Morgan fingerprint density at radius 2 is 1.03 bits per heavy atom. The van der Waals surface area contributed by atoms with Crippen molar-refractivity contribution in [3.05, 3.63) is 103 Å². The summed E-state index contributed by atoms with van der Waals surface area (Å²) in [5, 5.41) is 0. The summed E-state index contributed by atoms with van der Waals surface area (Å²) in [6.07, 6.45) is -0.727. The molecule has 0 saturated heterocycles. The van der Waals surface area contributed by atoms with E-state index in [9.17, 15) is 4.79 Å². The van der Waals surface area contributed by atoms with Crippen LogP contribution in [0.1, 0.15) is 5.56 Å². The highest BCUT2D eigenvalue weighted by Gasteiger charge is 2.12. The molecule has 0 aliphatic heterocycles. The fourth-order valence-corrected chi connectivity index (χ4v) is 3.51. The molecule has 0 fully saturated rings. The predicted molar refractivity (Wildman–Crippen MR) is 121 cm³/mol. The molecule has 0 spiro atoms. The van der Waals surface area contributed by atoms with Crippen molar-refractivity contribution >= 4 is 6.16 Å². The number of methoxy groups -OCH3 is 1. The summed E-state index contributed by atoms with van der Waals surface area (Å²) in [5.74, 6) is 0.447. The normalized spacial score (nSPS) is 10.5. The van der Waals surface area contributed by atoms with Crippen LogP contribution >= 0.6 is 0 Å². The van der Waals surface area contributed by atoms with E-state index in [1.165, 1.54) is 29.4 Å². The molecule has 0 N–H and O–H groups in total. The Kier molecular flexibility index (Phi) is 5.62. The zero-order chi connectivity index (χ0) is 20.9. The Hall–Kier alpha value is -3.85. The second-order valence-electron chi connectivity index (χ2n) is 7.04. The van der Waals surface area contributed by atoms with Crippen molar-refractivity contribution in [2.75, 3.05) is 7.11 Å². The molecule has 0 radical (unpaired) electrons. The summed E-state index contributed by atoms with van der Waals surface area (Å²) in [4.78, 5) is 11.3. The van der Waals surface area contributed by atoms with Gasteiger partial charge in [0.25, 0.3) is 0 Å². The van der Waals surface area contributed by atoms with E-state index in [4.69, 9.17) is 4.74 Å². The molecule has 0 saturated carbocycles. The minimum atomic E-state index is -0.727. The van der Waals surface area contributed by atoms with Gasteiger partial charge in [-0.25, -0.2) is 4.79 Å². The van der Waals surface area contributed by atoms with Crippen molar-refractivity contribution in [2.45, 2.75) is 6.92 Å². The predicted octanol–water partition coefficient (Wildman–Crippen LogP) is 7.14. The number of ether oxygens (including phenoxy) is 2. The Bertz CT molecular complexity index is 1160. The summed E-state index contributed by atoms with van der Waals surface area (Å²) in [6.45, 7) is 2.10. The van der Waals surface area contributed by atoms with Gasteiger partial charge in [-0.15, -0.1) is 0 Å². The largest absolute Gasteiger partial charge is 0.513 e. The number of hydrogen-bond donors (Lipinski definition) is 0. The monoisotopic (exact) mass is 394 g/mol. The number of rotatable bonds is 4.